The number of carbonyl (C=O) groups is 1. The van der Waals surface area contributed by atoms with Gasteiger partial charge in [0, 0.05) is 43.1 Å². The maximum Gasteiger partial charge on any atom is 0.225 e. The number of para-hydroxylation sites is 1. The van der Waals surface area contributed by atoms with Crippen LogP contribution in [0.1, 0.15) is 19.4 Å². The molecule has 2 aliphatic heterocycles. The lowest BCUT2D eigenvalue weighted by molar-refractivity contribution is -0.126. The number of carbonyl (C=O) groups excluding carboxylic acids is 1. The molecule has 28 heavy (non-hydrogen) atoms. The number of hydrogen-bond donors (Lipinski definition) is 1. The zero-order valence-electron chi connectivity index (χ0n) is 16.9. The van der Waals surface area contributed by atoms with Crippen molar-refractivity contribution in [3.63, 3.8) is 0 Å². The van der Waals surface area contributed by atoms with Crippen LogP contribution in [-0.2, 0) is 11.2 Å². The van der Waals surface area contributed by atoms with E-state index in [1.807, 2.05) is 26.0 Å². The van der Waals surface area contributed by atoms with Crippen LogP contribution in [-0.4, -0.2) is 44.7 Å². The van der Waals surface area contributed by atoms with E-state index in [4.69, 9.17) is 4.74 Å². The Bertz CT molecular complexity index is 851. The third-order valence-electron chi connectivity index (χ3n) is 5.81. The van der Waals surface area contributed by atoms with Crippen LogP contribution in [0.15, 0.2) is 48.5 Å². The quantitative estimate of drug-likeness (QED) is 0.887. The molecule has 0 saturated carbocycles. The fraction of sp³-hybridized carbons (Fsp3) is 0.435. The first-order chi connectivity index (χ1) is 13.6. The molecule has 2 atom stereocenters. The zero-order valence-corrected chi connectivity index (χ0v) is 16.9. The molecule has 2 aromatic carbocycles. The average molecular weight is 380 g/mol. The number of rotatable bonds is 4. The first-order valence-corrected chi connectivity index (χ1v) is 10.1. The van der Waals surface area contributed by atoms with Crippen molar-refractivity contribution in [2.24, 2.45) is 5.92 Å². The highest BCUT2D eigenvalue weighted by Crippen LogP contribution is 2.37. The van der Waals surface area contributed by atoms with E-state index in [0.717, 1.165) is 37.5 Å². The smallest absolute Gasteiger partial charge is 0.225 e. The van der Waals surface area contributed by atoms with Crippen LogP contribution in [0.2, 0.25) is 0 Å². The number of hydrogen-bond acceptors (Lipinski definition) is 4. The summed E-state index contributed by atoms with van der Waals surface area (Å²) in [7, 11) is 1.70. The second-order valence-electron chi connectivity index (χ2n) is 8.01. The monoisotopic (exact) mass is 379 g/mol. The van der Waals surface area contributed by atoms with Crippen LogP contribution in [0.25, 0.3) is 0 Å². The summed E-state index contributed by atoms with van der Waals surface area (Å²) >= 11 is 0. The van der Waals surface area contributed by atoms with E-state index in [-0.39, 0.29) is 23.9 Å². The van der Waals surface area contributed by atoms with Gasteiger partial charge in [0.15, 0.2) is 0 Å². The molecule has 2 heterocycles. The summed E-state index contributed by atoms with van der Waals surface area (Å²) in [6.45, 7) is 6.71. The van der Waals surface area contributed by atoms with E-state index in [1.165, 1.54) is 11.3 Å². The maximum atomic E-state index is 13.0. The molecule has 5 nitrogen and oxygen atoms in total. The number of benzene rings is 2. The number of nitrogens with zero attached hydrogens (tertiary/aromatic N) is 2. The minimum absolute atomic E-state index is 0.0503. The normalized spacial score (nSPS) is 21.1. The van der Waals surface area contributed by atoms with Crippen molar-refractivity contribution in [1.82, 2.24) is 5.32 Å². The third-order valence-corrected chi connectivity index (χ3v) is 5.81. The lowest BCUT2D eigenvalue weighted by Gasteiger charge is -2.49. The lowest BCUT2D eigenvalue weighted by Crippen LogP contribution is -2.61. The van der Waals surface area contributed by atoms with Gasteiger partial charge in [-0.05, 0) is 44.0 Å². The molecule has 5 heteroatoms. The molecule has 148 valence electrons. The second-order valence-corrected chi connectivity index (χ2v) is 8.01. The van der Waals surface area contributed by atoms with Crippen LogP contribution >= 0.6 is 0 Å². The minimum Gasteiger partial charge on any atom is -0.497 e. The SMILES string of the molecule is COc1cccc(N2CCN3c4ccccc4C[C@@H](C(=O)NC(C)C)[C@@H]3C2)c1. The first kappa shape index (κ1) is 18.7. The number of ether oxygens (including phenoxy) is 1. The minimum atomic E-state index is -0.0503. The average Bonchev–Trinajstić information content (AvgIpc) is 2.72. The molecule has 1 saturated heterocycles. The number of piperazine rings is 1. The predicted octanol–water partition coefficient (Wildman–Crippen LogP) is 3.09. The van der Waals surface area contributed by atoms with Gasteiger partial charge < -0.3 is 19.9 Å². The molecule has 0 bridgehead atoms. The Labute approximate surface area is 167 Å². The highest BCUT2D eigenvalue weighted by Gasteiger charge is 2.41. The Kier molecular flexibility index (Phi) is 5.16. The van der Waals surface area contributed by atoms with Gasteiger partial charge in [-0.3, -0.25) is 4.79 Å². The van der Waals surface area contributed by atoms with Gasteiger partial charge >= 0.3 is 0 Å². The number of fused-ring (bicyclic) bond motifs is 3. The number of amides is 1. The molecule has 2 aromatic rings. The van der Waals surface area contributed by atoms with E-state index in [1.54, 1.807) is 7.11 Å². The summed E-state index contributed by atoms with van der Waals surface area (Å²) in [6.07, 6.45) is 0.793. The van der Waals surface area contributed by atoms with Crippen LogP contribution in [0.3, 0.4) is 0 Å². The molecule has 0 aromatic heterocycles. The Morgan fingerprint density at radius 1 is 1.14 bits per heavy atom. The number of anilines is 2. The van der Waals surface area contributed by atoms with E-state index >= 15 is 0 Å². The highest BCUT2D eigenvalue weighted by atomic mass is 16.5. The molecular formula is C23H29N3O2. The van der Waals surface area contributed by atoms with Crippen molar-refractivity contribution in [3.05, 3.63) is 54.1 Å². The van der Waals surface area contributed by atoms with Gasteiger partial charge in [-0.25, -0.2) is 0 Å². The molecular weight excluding hydrogens is 350 g/mol. The Hall–Kier alpha value is -2.69. The van der Waals surface area contributed by atoms with Gasteiger partial charge in [0.25, 0.3) is 0 Å². The number of nitrogens with one attached hydrogen (secondary N) is 1. The Morgan fingerprint density at radius 3 is 2.75 bits per heavy atom. The van der Waals surface area contributed by atoms with Crippen LogP contribution in [0, 0.1) is 5.92 Å². The first-order valence-electron chi connectivity index (χ1n) is 10.1. The highest BCUT2D eigenvalue weighted by molar-refractivity contribution is 5.82. The molecule has 1 fully saturated rings. The van der Waals surface area contributed by atoms with Gasteiger partial charge in [-0.15, -0.1) is 0 Å². The standard InChI is InChI=1S/C23H29N3O2/c1-16(2)24-23(27)20-13-17-7-4-5-10-21(17)26-12-11-25(15-22(20)26)18-8-6-9-19(14-18)28-3/h4-10,14,16,20,22H,11-13,15H2,1-3H3,(H,24,27)/t20-,22+/m1/s1. The molecule has 0 unspecified atom stereocenters. The van der Waals surface area contributed by atoms with Gasteiger partial charge in [-0.2, -0.15) is 0 Å². The van der Waals surface area contributed by atoms with Crippen molar-refractivity contribution in [2.45, 2.75) is 32.4 Å². The van der Waals surface area contributed by atoms with Crippen LogP contribution < -0.4 is 19.9 Å². The summed E-state index contributed by atoms with van der Waals surface area (Å²) in [5.41, 5.74) is 3.71. The van der Waals surface area contributed by atoms with Gasteiger partial charge in [0.2, 0.25) is 5.91 Å². The summed E-state index contributed by atoms with van der Waals surface area (Å²) < 4.78 is 5.40. The van der Waals surface area contributed by atoms with E-state index < -0.39 is 0 Å². The fourth-order valence-corrected chi connectivity index (χ4v) is 4.49. The van der Waals surface area contributed by atoms with Crippen LogP contribution in [0.5, 0.6) is 5.75 Å². The van der Waals surface area contributed by atoms with Crippen molar-refractivity contribution in [3.8, 4) is 5.75 Å². The maximum absolute atomic E-state index is 13.0. The zero-order chi connectivity index (χ0) is 19.7. The van der Waals surface area contributed by atoms with E-state index in [2.05, 4.69) is 51.5 Å². The Morgan fingerprint density at radius 2 is 1.96 bits per heavy atom. The lowest BCUT2D eigenvalue weighted by atomic mass is 9.83. The molecule has 1 N–H and O–H groups in total. The van der Waals surface area contributed by atoms with Crippen LogP contribution in [0.4, 0.5) is 11.4 Å². The molecule has 1 amide bonds. The van der Waals surface area contributed by atoms with Crippen molar-refractivity contribution >= 4 is 17.3 Å². The molecule has 0 radical (unpaired) electrons. The molecule has 4 rings (SSSR count). The van der Waals surface area contributed by atoms with Gasteiger partial charge in [0.05, 0.1) is 19.1 Å². The second kappa shape index (κ2) is 7.74. The van der Waals surface area contributed by atoms with Gasteiger partial charge in [0.1, 0.15) is 5.75 Å². The largest absolute Gasteiger partial charge is 0.497 e. The summed E-state index contributed by atoms with van der Waals surface area (Å²) in [6, 6.07) is 17.0. The summed E-state index contributed by atoms with van der Waals surface area (Å²) in [5.74, 6) is 0.973. The predicted molar refractivity (Wildman–Crippen MR) is 113 cm³/mol. The Balaban J connectivity index is 1.64. The topological polar surface area (TPSA) is 44.8 Å². The summed E-state index contributed by atoms with van der Waals surface area (Å²) in [4.78, 5) is 17.9. The van der Waals surface area contributed by atoms with E-state index in [0.29, 0.717) is 0 Å². The molecule has 0 aliphatic carbocycles. The summed E-state index contributed by atoms with van der Waals surface area (Å²) in [5, 5.41) is 3.15. The third kappa shape index (κ3) is 3.53. The van der Waals surface area contributed by atoms with E-state index in [9.17, 15) is 4.79 Å². The van der Waals surface area contributed by atoms with Crippen molar-refractivity contribution in [1.29, 1.82) is 0 Å². The molecule has 0 spiro atoms. The van der Waals surface area contributed by atoms with Crippen molar-refractivity contribution < 1.29 is 9.53 Å². The number of methoxy groups -OCH3 is 1. The fourth-order valence-electron chi connectivity index (χ4n) is 4.49. The van der Waals surface area contributed by atoms with Crippen molar-refractivity contribution in [2.75, 3.05) is 36.5 Å². The molecule has 2 aliphatic rings. The van der Waals surface area contributed by atoms with Gasteiger partial charge in [-0.1, -0.05) is 24.3 Å².